The number of alkyl halides is 4. The van der Waals surface area contributed by atoms with Crippen LogP contribution in [0.5, 0.6) is 5.88 Å². The van der Waals surface area contributed by atoms with E-state index in [0.29, 0.717) is 24.4 Å². The van der Waals surface area contributed by atoms with Gasteiger partial charge in [0, 0.05) is 48.6 Å². The number of benzene rings is 1. The minimum Gasteiger partial charge on any atom is -0.342 e. The van der Waals surface area contributed by atoms with Crippen LogP contribution in [0.4, 0.5) is 26.3 Å². The highest BCUT2D eigenvalue weighted by Gasteiger charge is 2.35. The Morgan fingerprint density at radius 3 is 2.44 bits per heavy atom. The molecule has 3 aromatic rings. The van der Waals surface area contributed by atoms with Crippen molar-refractivity contribution in [2.45, 2.75) is 38.3 Å². The second kappa shape index (κ2) is 11.7. The maximum Gasteiger partial charge on any atom is 0.451 e. The summed E-state index contributed by atoms with van der Waals surface area (Å²) in [6.07, 6.45) is -2.21. The molecule has 14 heteroatoms. The van der Waals surface area contributed by atoms with Crippen LogP contribution in [0.2, 0.25) is 0 Å². The second-order valence-electron chi connectivity index (χ2n) is 8.73. The minimum atomic E-state index is -4.80. The monoisotopic (exact) mass is 552 g/mol. The molecule has 1 fully saturated rings. The van der Waals surface area contributed by atoms with E-state index in [9.17, 15) is 31.1 Å². The van der Waals surface area contributed by atoms with Crippen molar-refractivity contribution in [2.75, 3.05) is 19.8 Å². The summed E-state index contributed by atoms with van der Waals surface area (Å²) in [5.41, 5.74) is 0.0821. The van der Waals surface area contributed by atoms with Gasteiger partial charge in [0.1, 0.15) is 29.8 Å². The summed E-state index contributed by atoms with van der Waals surface area (Å²) in [5, 5.41) is 3.67. The van der Waals surface area contributed by atoms with E-state index in [1.54, 1.807) is 6.92 Å². The Balaban J connectivity index is 1.49. The Morgan fingerprint density at radius 2 is 1.79 bits per heavy atom. The van der Waals surface area contributed by atoms with Gasteiger partial charge in [-0.25, -0.2) is 28.1 Å². The van der Waals surface area contributed by atoms with E-state index in [-0.39, 0.29) is 35.8 Å². The SMILES string of the molecule is Cc1ncc(/C(CF)=N/Oc2ccnc(C(F)(F)F)n2)c(C2CCN(C(=O)Cc3c(F)cccc3F)CC2)n1. The Labute approximate surface area is 218 Å². The molecule has 1 aliphatic heterocycles. The lowest BCUT2D eigenvalue weighted by molar-refractivity contribution is -0.145. The molecule has 1 amide bonds. The smallest absolute Gasteiger partial charge is 0.342 e. The topological polar surface area (TPSA) is 93.5 Å². The molecule has 8 nitrogen and oxygen atoms in total. The van der Waals surface area contributed by atoms with Crippen LogP contribution in [0.1, 0.15) is 47.2 Å². The van der Waals surface area contributed by atoms with Gasteiger partial charge in [-0.15, -0.1) is 0 Å². The first-order chi connectivity index (χ1) is 18.6. The first-order valence-electron chi connectivity index (χ1n) is 11.8. The van der Waals surface area contributed by atoms with Gasteiger partial charge in [0.15, 0.2) is 0 Å². The standard InChI is InChI=1S/C25H22F6N6O2/c1-14-33-13-17(20(12-26)36-39-21-5-8-32-24(35-21)25(29,30)31)23(34-14)15-6-9-37(10-7-15)22(38)11-16-18(27)3-2-4-19(16)28/h2-5,8,13,15H,6-7,9-12H2,1H3/b36-20+. The van der Waals surface area contributed by atoms with Crippen LogP contribution in [-0.2, 0) is 17.4 Å². The van der Waals surface area contributed by atoms with Crippen molar-refractivity contribution in [1.29, 1.82) is 0 Å². The summed E-state index contributed by atoms with van der Waals surface area (Å²) < 4.78 is 80.5. The molecule has 1 aliphatic rings. The number of rotatable bonds is 7. The lowest BCUT2D eigenvalue weighted by Gasteiger charge is -2.32. The molecule has 0 N–H and O–H groups in total. The molecule has 1 saturated heterocycles. The third-order valence-corrected chi connectivity index (χ3v) is 6.13. The van der Waals surface area contributed by atoms with Crippen molar-refractivity contribution in [3.8, 4) is 5.88 Å². The number of hydrogen-bond donors (Lipinski definition) is 0. The number of carbonyl (C=O) groups is 1. The average Bonchev–Trinajstić information content (AvgIpc) is 2.91. The van der Waals surface area contributed by atoms with Crippen molar-refractivity contribution in [2.24, 2.45) is 5.16 Å². The fourth-order valence-corrected chi connectivity index (χ4v) is 4.16. The second-order valence-corrected chi connectivity index (χ2v) is 8.73. The highest BCUT2D eigenvalue weighted by atomic mass is 19.4. The van der Waals surface area contributed by atoms with Gasteiger partial charge in [0.2, 0.25) is 11.7 Å². The average molecular weight is 552 g/mol. The van der Waals surface area contributed by atoms with Crippen LogP contribution in [-0.4, -0.2) is 56.2 Å². The van der Waals surface area contributed by atoms with Gasteiger partial charge < -0.3 is 9.74 Å². The number of nitrogens with zero attached hydrogens (tertiary/aromatic N) is 6. The highest BCUT2D eigenvalue weighted by Crippen LogP contribution is 2.30. The van der Waals surface area contributed by atoms with E-state index >= 15 is 0 Å². The summed E-state index contributed by atoms with van der Waals surface area (Å²) in [6, 6.07) is 4.44. The molecule has 2 aromatic heterocycles. The molecule has 0 radical (unpaired) electrons. The van der Waals surface area contributed by atoms with Crippen molar-refractivity contribution in [1.82, 2.24) is 24.8 Å². The largest absolute Gasteiger partial charge is 0.451 e. The summed E-state index contributed by atoms with van der Waals surface area (Å²) in [6.45, 7) is 1.03. The van der Waals surface area contributed by atoms with Crippen LogP contribution in [0.3, 0.4) is 0 Å². The molecule has 0 aliphatic carbocycles. The van der Waals surface area contributed by atoms with Crippen molar-refractivity contribution < 1.29 is 36.0 Å². The number of oxime groups is 1. The number of aryl methyl sites for hydroxylation is 1. The molecule has 1 aromatic carbocycles. The predicted molar refractivity (Wildman–Crippen MR) is 126 cm³/mol. The quantitative estimate of drug-likeness (QED) is 0.242. The molecule has 0 atom stereocenters. The molecule has 206 valence electrons. The number of carbonyl (C=O) groups excluding carboxylic acids is 1. The summed E-state index contributed by atoms with van der Waals surface area (Å²) in [4.78, 5) is 34.1. The fraction of sp³-hybridized carbons (Fsp3) is 0.360. The number of amides is 1. The zero-order valence-electron chi connectivity index (χ0n) is 20.6. The minimum absolute atomic E-state index is 0.200. The van der Waals surface area contributed by atoms with E-state index in [2.05, 4.69) is 25.1 Å². The molecular weight excluding hydrogens is 530 g/mol. The normalized spacial score (nSPS) is 14.9. The van der Waals surface area contributed by atoms with Crippen LogP contribution in [0.15, 0.2) is 41.8 Å². The Morgan fingerprint density at radius 1 is 1.10 bits per heavy atom. The maximum absolute atomic E-state index is 14.0. The molecule has 4 rings (SSSR count). The number of hydrogen-bond acceptors (Lipinski definition) is 7. The van der Waals surface area contributed by atoms with Gasteiger partial charge in [-0.1, -0.05) is 11.2 Å². The highest BCUT2D eigenvalue weighted by molar-refractivity contribution is 6.02. The van der Waals surface area contributed by atoms with Crippen LogP contribution in [0, 0.1) is 18.6 Å². The molecule has 0 spiro atoms. The summed E-state index contributed by atoms with van der Waals surface area (Å²) in [7, 11) is 0. The van der Waals surface area contributed by atoms with Gasteiger partial charge >= 0.3 is 6.18 Å². The number of halogens is 6. The molecule has 3 heterocycles. The molecule has 0 unspecified atom stereocenters. The van der Waals surface area contributed by atoms with Crippen LogP contribution < -0.4 is 4.84 Å². The lowest BCUT2D eigenvalue weighted by atomic mass is 9.89. The van der Waals surface area contributed by atoms with Crippen molar-refractivity contribution in [3.05, 3.63) is 76.8 Å². The number of likely N-dealkylation sites (tertiary alicyclic amines) is 1. The fourth-order valence-electron chi connectivity index (χ4n) is 4.16. The van der Waals surface area contributed by atoms with E-state index in [1.165, 1.54) is 17.2 Å². The zero-order valence-corrected chi connectivity index (χ0v) is 20.6. The van der Waals surface area contributed by atoms with Crippen molar-refractivity contribution >= 4 is 11.6 Å². The van der Waals surface area contributed by atoms with Crippen LogP contribution >= 0.6 is 0 Å². The Kier molecular flexibility index (Phi) is 8.41. The lowest BCUT2D eigenvalue weighted by Crippen LogP contribution is -2.39. The molecule has 39 heavy (non-hydrogen) atoms. The third-order valence-electron chi connectivity index (χ3n) is 6.13. The summed E-state index contributed by atoms with van der Waals surface area (Å²) >= 11 is 0. The van der Waals surface area contributed by atoms with E-state index in [0.717, 1.165) is 24.4 Å². The van der Waals surface area contributed by atoms with Gasteiger partial charge in [-0.2, -0.15) is 18.2 Å². The third kappa shape index (κ3) is 6.67. The van der Waals surface area contributed by atoms with Crippen LogP contribution in [0.25, 0.3) is 0 Å². The van der Waals surface area contributed by atoms with Gasteiger partial charge in [-0.05, 0) is 31.9 Å². The Hall–Kier alpha value is -4.10. The predicted octanol–water partition coefficient (Wildman–Crippen LogP) is 4.57. The van der Waals surface area contributed by atoms with Gasteiger partial charge in [-0.3, -0.25) is 4.79 Å². The molecule has 0 bridgehead atoms. The van der Waals surface area contributed by atoms with Gasteiger partial charge in [0.25, 0.3) is 5.88 Å². The summed E-state index contributed by atoms with van der Waals surface area (Å²) in [5.74, 6) is -3.84. The Bertz CT molecular complexity index is 1360. The first kappa shape index (κ1) is 27.9. The van der Waals surface area contributed by atoms with Crippen molar-refractivity contribution in [3.63, 3.8) is 0 Å². The number of aromatic nitrogens is 4. The van der Waals surface area contributed by atoms with E-state index < -0.39 is 48.5 Å². The number of piperidine rings is 1. The maximum atomic E-state index is 14.0. The van der Waals surface area contributed by atoms with Gasteiger partial charge in [0.05, 0.1) is 12.1 Å². The van der Waals surface area contributed by atoms with E-state index in [1.807, 2.05) is 0 Å². The van der Waals surface area contributed by atoms with E-state index in [4.69, 9.17) is 4.84 Å². The first-order valence-corrected chi connectivity index (χ1v) is 11.8. The molecular formula is C25H22F6N6O2. The molecule has 0 saturated carbocycles. The zero-order chi connectivity index (χ0) is 28.2.